The molecule has 0 radical (unpaired) electrons. The van der Waals surface area contributed by atoms with E-state index in [2.05, 4.69) is 10.3 Å². The summed E-state index contributed by atoms with van der Waals surface area (Å²) in [6.45, 7) is 4.73. The highest BCUT2D eigenvalue weighted by molar-refractivity contribution is 6.30. The highest BCUT2D eigenvalue weighted by atomic mass is 35.5. The van der Waals surface area contributed by atoms with E-state index in [9.17, 15) is 4.79 Å². The number of anilines is 1. The molecule has 0 bridgehead atoms. The minimum absolute atomic E-state index is 0.0503. The lowest BCUT2D eigenvalue weighted by Crippen LogP contribution is -2.81. The van der Waals surface area contributed by atoms with Crippen LogP contribution >= 0.6 is 11.6 Å². The van der Waals surface area contributed by atoms with E-state index in [1.54, 1.807) is 18.3 Å². The second-order valence-electron chi connectivity index (χ2n) is 6.44. The molecule has 1 aromatic heterocycles. The van der Waals surface area contributed by atoms with Crippen LogP contribution in [0.1, 0.15) is 26.7 Å². The molecule has 1 saturated heterocycles. The van der Waals surface area contributed by atoms with Crippen molar-refractivity contribution < 1.29 is 9.53 Å². The van der Waals surface area contributed by atoms with Crippen LogP contribution in [0.5, 0.6) is 0 Å². The normalized spacial score (nSPS) is 33.7. The smallest absolute Gasteiger partial charge is 0.246 e. The molecule has 6 heteroatoms. The molecular weight excluding hydrogens is 290 g/mol. The Labute approximate surface area is 129 Å². The number of nitrogens with zero attached hydrogens (tertiary/aromatic N) is 1. The number of aromatic nitrogens is 1. The van der Waals surface area contributed by atoms with Crippen LogP contribution in [-0.2, 0) is 9.53 Å². The van der Waals surface area contributed by atoms with Crippen molar-refractivity contribution in [2.45, 2.75) is 38.3 Å². The second kappa shape index (κ2) is 4.93. The number of nitrogens with two attached hydrogens (primary N) is 1. The molecule has 1 aromatic rings. The molecule has 1 aliphatic heterocycles. The zero-order valence-corrected chi connectivity index (χ0v) is 13.0. The Balaban J connectivity index is 1.83. The summed E-state index contributed by atoms with van der Waals surface area (Å²) >= 11 is 5.91. The van der Waals surface area contributed by atoms with Gasteiger partial charge in [0.2, 0.25) is 5.91 Å². The first kappa shape index (κ1) is 14.8. The molecule has 21 heavy (non-hydrogen) atoms. The number of amides is 1. The third-order valence-corrected chi connectivity index (χ3v) is 5.26. The van der Waals surface area contributed by atoms with E-state index in [-0.39, 0.29) is 17.9 Å². The molecule has 2 heterocycles. The highest BCUT2D eigenvalue weighted by Gasteiger charge is 2.70. The maximum absolute atomic E-state index is 12.7. The second-order valence-corrected chi connectivity index (χ2v) is 6.88. The number of carbonyl (C=O) groups is 1. The zero-order chi connectivity index (χ0) is 15.3. The van der Waals surface area contributed by atoms with Gasteiger partial charge in [-0.1, -0.05) is 25.4 Å². The Kier molecular flexibility index (Phi) is 3.47. The number of hydrogen-bond donors (Lipinski definition) is 2. The molecule has 1 saturated carbocycles. The Bertz CT molecular complexity index is 578. The first-order chi connectivity index (χ1) is 9.87. The average molecular weight is 310 g/mol. The number of nitrogens with one attached hydrogen (secondary N) is 1. The molecule has 2 fully saturated rings. The number of carbonyl (C=O) groups excluding carboxylic acids is 1. The van der Waals surface area contributed by atoms with E-state index in [1.807, 2.05) is 13.8 Å². The molecule has 114 valence electrons. The maximum atomic E-state index is 12.7. The van der Waals surface area contributed by atoms with Crippen LogP contribution in [0.4, 0.5) is 5.82 Å². The summed E-state index contributed by atoms with van der Waals surface area (Å²) < 4.78 is 5.81. The first-order valence-electron chi connectivity index (χ1n) is 7.21. The van der Waals surface area contributed by atoms with Crippen LogP contribution in [0.2, 0.25) is 5.02 Å². The van der Waals surface area contributed by atoms with Crippen LogP contribution in [0.15, 0.2) is 18.3 Å². The lowest BCUT2D eigenvalue weighted by molar-refractivity contribution is -0.222. The molecule has 3 atom stereocenters. The summed E-state index contributed by atoms with van der Waals surface area (Å²) in [5.41, 5.74) is 5.17. The van der Waals surface area contributed by atoms with E-state index in [1.165, 1.54) is 0 Å². The van der Waals surface area contributed by atoms with Gasteiger partial charge in [0.15, 0.2) is 0 Å². The van der Waals surface area contributed by atoms with Gasteiger partial charge in [-0.25, -0.2) is 4.98 Å². The van der Waals surface area contributed by atoms with E-state index >= 15 is 0 Å². The zero-order valence-electron chi connectivity index (χ0n) is 12.2. The van der Waals surface area contributed by atoms with E-state index < -0.39 is 11.0 Å². The minimum atomic E-state index is -0.942. The van der Waals surface area contributed by atoms with Crippen molar-refractivity contribution in [1.82, 2.24) is 4.98 Å². The number of fused-ring (bicyclic) bond motifs is 1. The maximum Gasteiger partial charge on any atom is 0.246 e. The van der Waals surface area contributed by atoms with Gasteiger partial charge < -0.3 is 15.8 Å². The van der Waals surface area contributed by atoms with Crippen LogP contribution in [-0.4, -0.2) is 29.1 Å². The van der Waals surface area contributed by atoms with Crippen LogP contribution in [0.3, 0.4) is 0 Å². The quantitative estimate of drug-likeness (QED) is 0.878. The van der Waals surface area contributed by atoms with Gasteiger partial charge in [0.1, 0.15) is 11.4 Å². The average Bonchev–Trinajstić information content (AvgIpc) is 2.46. The molecule has 3 unspecified atom stereocenters. The lowest BCUT2D eigenvalue weighted by atomic mass is 9.46. The molecule has 5 nitrogen and oxygen atoms in total. The largest absolute Gasteiger partial charge is 0.377 e. The van der Waals surface area contributed by atoms with E-state index in [0.717, 1.165) is 19.4 Å². The predicted molar refractivity (Wildman–Crippen MR) is 81.0 cm³/mol. The third-order valence-electron chi connectivity index (χ3n) is 5.02. The van der Waals surface area contributed by atoms with Crippen molar-refractivity contribution in [3.8, 4) is 0 Å². The summed E-state index contributed by atoms with van der Waals surface area (Å²) in [4.78, 5) is 16.8. The number of rotatable bonds is 2. The Morgan fingerprint density at radius 2 is 2.33 bits per heavy atom. The van der Waals surface area contributed by atoms with Crippen molar-refractivity contribution in [3.05, 3.63) is 23.4 Å². The molecule has 2 aliphatic rings. The van der Waals surface area contributed by atoms with Crippen LogP contribution in [0, 0.1) is 11.3 Å². The van der Waals surface area contributed by atoms with Gasteiger partial charge in [-0.15, -0.1) is 0 Å². The fraction of sp³-hybridized carbons (Fsp3) is 0.600. The van der Waals surface area contributed by atoms with E-state index in [0.29, 0.717) is 10.8 Å². The number of ether oxygens (including phenoxy) is 1. The van der Waals surface area contributed by atoms with Crippen molar-refractivity contribution in [2.75, 3.05) is 11.9 Å². The Morgan fingerprint density at radius 3 is 3.05 bits per heavy atom. The van der Waals surface area contributed by atoms with Gasteiger partial charge in [-0.05, 0) is 25.0 Å². The van der Waals surface area contributed by atoms with Gasteiger partial charge in [0.05, 0.1) is 6.10 Å². The highest BCUT2D eigenvalue weighted by Crippen LogP contribution is 2.57. The van der Waals surface area contributed by atoms with Gasteiger partial charge >= 0.3 is 0 Å². The number of pyridine rings is 1. The van der Waals surface area contributed by atoms with Crippen LogP contribution in [0.25, 0.3) is 0 Å². The third kappa shape index (κ3) is 2.06. The summed E-state index contributed by atoms with van der Waals surface area (Å²) in [5, 5.41) is 3.32. The molecule has 1 aliphatic carbocycles. The topological polar surface area (TPSA) is 77.2 Å². The van der Waals surface area contributed by atoms with Gasteiger partial charge in [-0.3, -0.25) is 4.79 Å². The molecule has 0 spiro atoms. The van der Waals surface area contributed by atoms with Crippen molar-refractivity contribution in [1.29, 1.82) is 0 Å². The predicted octanol–water partition coefficient (Wildman–Crippen LogP) is 2.21. The fourth-order valence-electron chi connectivity index (χ4n) is 3.73. The van der Waals surface area contributed by atoms with Crippen LogP contribution < -0.4 is 11.1 Å². The molecule has 0 aromatic carbocycles. The number of hydrogen-bond acceptors (Lipinski definition) is 4. The standard InChI is InChI=1S/C15H20ClN3O2/c1-14(2)12-10(4-3-7-21-12)15(14,17)13(20)19-11-8-9(16)5-6-18-11/h5-6,8,10,12H,3-4,7,17H2,1-2H3,(H,18,19,20). The first-order valence-corrected chi connectivity index (χ1v) is 7.58. The summed E-state index contributed by atoms with van der Waals surface area (Å²) in [7, 11) is 0. The fourth-order valence-corrected chi connectivity index (χ4v) is 3.89. The van der Waals surface area contributed by atoms with Crippen molar-refractivity contribution in [2.24, 2.45) is 17.1 Å². The molecule has 1 amide bonds. The monoisotopic (exact) mass is 309 g/mol. The van der Waals surface area contributed by atoms with E-state index in [4.69, 9.17) is 22.1 Å². The van der Waals surface area contributed by atoms with Crippen molar-refractivity contribution in [3.63, 3.8) is 0 Å². The summed E-state index contributed by atoms with van der Waals surface area (Å²) in [5.74, 6) is 0.266. The molecular formula is C15H20ClN3O2. The summed E-state index contributed by atoms with van der Waals surface area (Å²) in [6, 6.07) is 3.27. The van der Waals surface area contributed by atoms with Gasteiger partial charge in [0, 0.05) is 29.2 Å². The minimum Gasteiger partial charge on any atom is -0.377 e. The number of halogens is 1. The van der Waals surface area contributed by atoms with Gasteiger partial charge in [-0.2, -0.15) is 0 Å². The SMILES string of the molecule is CC1(C)C2OCCCC2C1(N)C(=O)Nc1cc(Cl)ccn1. The molecule has 3 N–H and O–H groups in total. The van der Waals surface area contributed by atoms with Crippen molar-refractivity contribution >= 4 is 23.3 Å². The Hall–Kier alpha value is -1.17. The summed E-state index contributed by atoms with van der Waals surface area (Å²) in [6.07, 6.45) is 3.47. The lowest BCUT2D eigenvalue weighted by Gasteiger charge is -2.65. The Morgan fingerprint density at radius 1 is 1.57 bits per heavy atom. The molecule has 3 rings (SSSR count). The van der Waals surface area contributed by atoms with Gasteiger partial charge in [0.25, 0.3) is 0 Å².